The van der Waals surface area contributed by atoms with Crippen molar-refractivity contribution in [2.24, 2.45) is 0 Å². The molecule has 0 saturated carbocycles. The minimum absolute atomic E-state index is 0.481. The van der Waals surface area contributed by atoms with Crippen molar-refractivity contribution in [2.75, 3.05) is 0 Å². The number of hydrogen-bond acceptors (Lipinski definition) is 3. The van der Waals surface area contributed by atoms with Gasteiger partial charge in [0.25, 0.3) is 0 Å². The standard InChI is InChI=1S/C26H14Br3N3O/c27-17-5-1-3-15(11-17)25-30-31-26(33-25)16-4-2-6-20(12-16)32-23-13-18(28)7-9-21(23)22-10-8-19(29)14-24(22)32/h1-14H. The van der Waals surface area contributed by atoms with E-state index in [0.717, 1.165) is 41.3 Å². The van der Waals surface area contributed by atoms with E-state index >= 15 is 0 Å². The molecule has 0 spiro atoms. The van der Waals surface area contributed by atoms with Crippen LogP contribution in [0.2, 0.25) is 0 Å². The molecule has 0 atom stereocenters. The number of hydrogen-bond donors (Lipinski definition) is 0. The molecule has 0 aliphatic heterocycles. The first-order valence-corrected chi connectivity index (χ1v) is 12.5. The third kappa shape index (κ3) is 3.74. The molecule has 4 aromatic carbocycles. The first-order valence-electron chi connectivity index (χ1n) is 10.2. The maximum atomic E-state index is 6.03. The third-order valence-corrected chi connectivity index (χ3v) is 7.02. The fraction of sp³-hybridized carbons (Fsp3) is 0. The second kappa shape index (κ2) is 8.24. The number of halogens is 3. The zero-order valence-corrected chi connectivity index (χ0v) is 21.7. The first kappa shape index (κ1) is 20.8. The average Bonchev–Trinajstić information content (AvgIpc) is 3.42. The molecule has 0 aliphatic rings. The number of benzene rings is 4. The Morgan fingerprint density at radius 3 is 1.73 bits per heavy atom. The number of nitrogens with zero attached hydrogens (tertiary/aromatic N) is 3. The van der Waals surface area contributed by atoms with Crippen LogP contribution in [0.5, 0.6) is 0 Å². The smallest absolute Gasteiger partial charge is 0.248 e. The molecular weight excluding hydrogens is 610 g/mol. The fourth-order valence-electron chi connectivity index (χ4n) is 4.10. The van der Waals surface area contributed by atoms with E-state index in [2.05, 4.69) is 111 Å². The Labute approximate surface area is 214 Å². The monoisotopic (exact) mass is 621 g/mol. The van der Waals surface area contributed by atoms with Gasteiger partial charge in [-0.2, -0.15) is 0 Å². The minimum Gasteiger partial charge on any atom is -0.416 e. The zero-order valence-electron chi connectivity index (χ0n) is 17.0. The van der Waals surface area contributed by atoms with Gasteiger partial charge in [0.05, 0.1) is 11.0 Å². The fourth-order valence-corrected chi connectivity index (χ4v) is 5.20. The quantitative estimate of drug-likeness (QED) is 0.198. The van der Waals surface area contributed by atoms with E-state index in [1.807, 2.05) is 36.4 Å². The van der Waals surface area contributed by atoms with Crippen LogP contribution in [0.1, 0.15) is 0 Å². The molecule has 7 heteroatoms. The van der Waals surface area contributed by atoms with Gasteiger partial charge in [0, 0.05) is 41.0 Å². The highest BCUT2D eigenvalue weighted by molar-refractivity contribution is 9.11. The third-order valence-electron chi connectivity index (χ3n) is 5.54. The maximum Gasteiger partial charge on any atom is 0.248 e. The Hall–Kier alpha value is -2.74. The molecule has 0 radical (unpaired) electrons. The first-order chi connectivity index (χ1) is 16.1. The van der Waals surface area contributed by atoms with E-state index in [1.54, 1.807) is 0 Å². The zero-order chi connectivity index (χ0) is 22.5. The number of rotatable bonds is 3. The molecule has 0 N–H and O–H groups in total. The second-order valence-corrected chi connectivity index (χ2v) is 10.4. The highest BCUT2D eigenvalue weighted by Gasteiger charge is 2.16. The van der Waals surface area contributed by atoms with Gasteiger partial charge in [-0.1, -0.05) is 72.1 Å². The predicted octanol–water partition coefficient (Wildman–Crippen LogP) is 8.79. The largest absolute Gasteiger partial charge is 0.416 e. The lowest BCUT2D eigenvalue weighted by molar-refractivity contribution is 0.584. The van der Waals surface area contributed by atoms with Crippen molar-refractivity contribution in [3.05, 3.63) is 98.3 Å². The lowest BCUT2D eigenvalue weighted by Gasteiger charge is -2.09. The van der Waals surface area contributed by atoms with Crippen molar-refractivity contribution in [2.45, 2.75) is 0 Å². The van der Waals surface area contributed by atoms with Gasteiger partial charge in [-0.15, -0.1) is 10.2 Å². The van der Waals surface area contributed by atoms with Crippen molar-refractivity contribution in [1.82, 2.24) is 14.8 Å². The highest BCUT2D eigenvalue weighted by atomic mass is 79.9. The molecule has 0 fully saturated rings. The van der Waals surface area contributed by atoms with Crippen LogP contribution in [0, 0.1) is 0 Å². The summed E-state index contributed by atoms with van der Waals surface area (Å²) in [6, 6.07) is 28.7. The summed E-state index contributed by atoms with van der Waals surface area (Å²) in [5.74, 6) is 0.969. The lowest BCUT2D eigenvalue weighted by Crippen LogP contribution is -1.94. The van der Waals surface area contributed by atoms with Gasteiger partial charge < -0.3 is 8.98 Å². The summed E-state index contributed by atoms with van der Waals surface area (Å²) in [6.07, 6.45) is 0. The molecule has 0 saturated heterocycles. The van der Waals surface area contributed by atoms with Crippen LogP contribution >= 0.6 is 47.8 Å². The molecular formula is C26H14Br3N3O. The molecule has 0 unspecified atom stereocenters. The Balaban J connectivity index is 1.52. The minimum atomic E-state index is 0.481. The SMILES string of the molecule is Brc1cccc(-c2nnc(-c3cccc(-n4c5cc(Br)ccc5c5ccc(Br)cc54)c3)o2)c1. The van der Waals surface area contributed by atoms with Crippen molar-refractivity contribution in [3.8, 4) is 28.6 Å². The Kier molecular flexibility index (Phi) is 5.20. The van der Waals surface area contributed by atoms with Gasteiger partial charge in [-0.05, 0) is 60.7 Å². The topological polar surface area (TPSA) is 43.9 Å². The Bertz CT molecular complexity index is 1610. The van der Waals surface area contributed by atoms with Gasteiger partial charge in [0.15, 0.2) is 0 Å². The Morgan fingerprint density at radius 2 is 1.12 bits per heavy atom. The van der Waals surface area contributed by atoms with Crippen LogP contribution in [-0.4, -0.2) is 14.8 Å². The molecule has 0 amide bonds. The number of fused-ring (bicyclic) bond motifs is 3. The van der Waals surface area contributed by atoms with Crippen LogP contribution in [0.3, 0.4) is 0 Å². The van der Waals surface area contributed by atoms with Crippen LogP contribution < -0.4 is 0 Å². The summed E-state index contributed by atoms with van der Waals surface area (Å²) in [6.45, 7) is 0. The van der Waals surface area contributed by atoms with E-state index in [9.17, 15) is 0 Å². The highest BCUT2D eigenvalue weighted by Crippen LogP contribution is 2.36. The molecule has 6 aromatic rings. The molecule has 0 aliphatic carbocycles. The van der Waals surface area contributed by atoms with Gasteiger partial charge in [-0.3, -0.25) is 0 Å². The predicted molar refractivity (Wildman–Crippen MR) is 143 cm³/mol. The molecule has 33 heavy (non-hydrogen) atoms. The van der Waals surface area contributed by atoms with E-state index in [4.69, 9.17) is 4.42 Å². The summed E-state index contributed by atoms with van der Waals surface area (Å²) in [4.78, 5) is 0. The summed E-state index contributed by atoms with van der Waals surface area (Å²) in [7, 11) is 0. The van der Waals surface area contributed by atoms with Crippen molar-refractivity contribution in [3.63, 3.8) is 0 Å². The van der Waals surface area contributed by atoms with Crippen molar-refractivity contribution < 1.29 is 4.42 Å². The van der Waals surface area contributed by atoms with Crippen LogP contribution in [0.4, 0.5) is 0 Å². The Morgan fingerprint density at radius 1 is 0.576 bits per heavy atom. The molecule has 4 nitrogen and oxygen atoms in total. The number of aromatic nitrogens is 3. The van der Waals surface area contributed by atoms with Crippen LogP contribution in [-0.2, 0) is 0 Å². The molecule has 160 valence electrons. The molecule has 6 rings (SSSR count). The van der Waals surface area contributed by atoms with Crippen LogP contribution in [0.15, 0.2) is 103 Å². The normalized spacial score (nSPS) is 11.5. The van der Waals surface area contributed by atoms with Crippen LogP contribution in [0.25, 0.3) is 50.4 Å². The van der Waals surface area contributed by atoms with Gasteiger partial charge in [0.2, 0.25) is 11.8 Å². The van der Waals surface area contributed by atoms with E-state index < -0.39 is 0 Å². The lowest BCUT2D eigenvalue weighted by atomic mass is 10.2. The van der Waals surface area contributed by atoms with Gasteiger partial charge in [-0.25, -0.2) is 0 Å². The summed E-state index contributed by atoms with van der Waals surface area (Å²) >= 11 is 10.8. The summed E-state index contributed by atoms with van der Waals surface area (Å²) in [5.41, 5.74) is 4.99. The molecule has 2 aromatic heterocycles. The van der Waals surface area contributed by atoms with Gasteiger partial charge in [0.1, 0.15) is 0 Å². The average molecular weight is 624 g/mol. The summed E-state index contributed by atoms with van der Waals surface area (Å²) < 4.78 is 11.3. The molecule has 0 bridgehead atoms. The second-order valence-electron chi connectivity index (χ2n) is 7.63. The molecule has 2 heterocycles. The van der Waals surface area contributed by atoms with Crippen molar-refractivity contribution >= 4 is 69.6 Å². The van der Waals surface area contributed by atoms with Crippen molar-refractivity contribution in [1.29, 1.82) is 0 Å². The summed E-state index contributed by atoms with van der Waals surface area (Å²) in [5, 5.41) is 11.0. The van der Waals surface area contributed by atoms with E-state index in [0.29, 0.717) is 11.8 Å². The maximum absolute atomic E-state index is 6.03. The van der Waals surface area contributed by atoms with Gasteiger partial charge >= 0.3 is 0 Å². The van der Waals surface area contributed by atoms with E-state index in [1.165, 1.54) is 10.8 Å². The van der Waals surface area contributed by atoms with E-state index in [-0.39, 0.29) is 0 Å².